The van der Waals surface area contributed by atoms with Gasteiger partial charge in [0.15, 0.2) is 17.5 Å². The van der Waals surface area contributed by atoms with E-state index in [1.807, 2.05) is 60.7 Å². The number of nitrogens with zero attached hydrogens (tertiary/aromatic N) is 4. The van der Waals surface area contributed by atoms with Crippen molar-refractivity contribution < 1.29 is 4.42 Å². The fourth-order valence-corrected chi connectivity index (χ4v) is 8.10. The van der Waals surface area contributed by atoms with Crippen LogP contribution in [0, 0.1) is 0 Å². The molecule has 11 aromatic rings. The summed E-state index contributed by atoms with van der Waals surface area (Å²) in [5.74, 6) is 1.80. The van der Waals surface area contributed by atoms with Crippen molar-refractivity contribution in [3.05, 3.63) is 194 Å². The molecule has 0 bridgehead atoms. The smallest absolute Gasteiger partial charge is 0.164 e. The van der Waals surface area contributed by atoms with Gasteiger partial charge in [0.2, 0.25) is 0 Å². The molecule has 0 radical (unpaired) electrons. The Morgan fingerprint density at radius 2 is 0.929 bits per heavy atom. The fraction of sp³-hybridized carbons (Fsp3) is 0. The van der Waals surface area contributed by atoms with Crippen molar-refractivity contribution in [1.82, 2.24) is 19.5 Å². The van der Waals surface area contributed by atoms with Crippen molar-refractivity contribution in [3.8, 4) is 62.1 Å². The van der Waals surface area contributed by atoms with Crippen LogP contribution in [0.25, 0.3) is 106 Å². The molecule has 0 atom stereocenters. The third-order valence-corrected chi connectivity index (χ3v) is 10.7. The molecule has 0 N–H and O–H groups in total. The molecule has 262 valence electrons. The van der Waals surface area contributed by atoms with Gasteiger partial charge >= 0.3 is 0 Å². The van der Waals surface area contributed by atoms with Crippen molar-refractivity contribution in [1.29, 1.82) is 0 Å². The molecule has 3 aromatic heterocycles. The van der Waals surface area contributed by atoms with Gasteiger partial charge in [-0.3, -0.25) is 0 Å². The molecule has 0 spiro atoms. The first-order chi connectivity index (χ1) is 27.8. The number of benzene rings is 8. The maximum atomic E-state index is 6.27. The summed E-state index contributed by atoms with van der Waals surface area (Å²) in [7, 11) is 0. The molecule has 0 fully saturated rings. The van der Waals surface area contributed by atoms with Crippen molar-refractivity contribution in [2.45, 2.75) is 0 Å². The van der Waals surface area contributed by atoms with E-state index in [0.29, 0.717) is 17.5 Å². The number of fused-ring (bicyclic) bond motifs is 6. The highest BCUT2D eigenvalue weighted by molar-refractivity contribution is 6.12. The van der Waals surface area contributed by atoms with E-state index in [1.54, 1.807) is 0 Å². The topological polar surface area (TPSA) is 56.7 Å². The molecule has 0 amide bonds. The molecule has 5 heteroatoms. The molecule has 0 aliphatic heterocycles. The summed E-state index contributed by atoms with van der Waals surface area (Å²) in [4.78, 5) is 15.5. The summed E-state index contributed by atoms with van der Waals surface area (Å²) in [6.45, 7) is 0. The zero-order chi connectivity index (χ0) is 37.0. The molecule has 3 heterocycles. The summed E-state index contributed by atoms with van der Waals surface area (Å²) < 4.78 is 8.66. The lowest BCUT2D eigenvalue weighted by molar-refractivity contribution is 0.669. The lowest BCUT2D eigenvalue weighted by Gasteiger charge is -2.14. The van der Waals surface area contributed by atoms with E-state index in [9.17, 15) is 0 Å². The Morgan fingerprint density at radius 3 is 1.77 bits per heavy atom. The zero-order valence-electron chi connectivity index (χ0n) is 30.2. The minimum absolute atomic E-state index is 0.592. The SMILES string of the molecule is c1ccc(-c2ccc3c4ccccc4n(-c4cccc(-c5ccccc5-c5nc(-c6ccccc6)nc(-c6cccc7oc8ccccc8c67)n5)c4)c3c2)cc1. The summed E-state index contributed by atoms with van der Waals surface area (Å²) in [6, 6.07) is 67.5. The minimum atomic E-state index is 0.592. The number of hydrogen-bond acceptors (Lipinski definition) is 4. The van der Waals surface area contributed by atoms with Crippen LogP contribution in [0.2, 0.25) is 0 Å². The zero-order valence-corrected chi connectivity index (χ0v) is 30.2. The molecule has 0 unspecified atom stereocenters. The highest BCUT2D eigenvalue weighted by Crippen LogP contribution is 2.39. The Bertz CT molecular complexity index is 3250. The molecular weight excluding hydrogens is 685 g/mol. The lowest BCUT2D eigenvalue weighted by Crippen LogP contribution is -2.01. The Kier molecular flexibility index (Phi) is 7.42. The molecule has 8 aromatic carbocycles. The maximum Gasteiger partial charge on any atom is 0.164 e. The van der Waals surface area contributed by atoms with Gasteiger partial charge in [0.05, 0.1) is 11.0 Å². The first kappa shape index (κ1) is 31.9. The molecule has 56 heavy (non-hydrogen) atoms. The predicted molar refractivity (Wildman–Crippen MR) is 229 cm³/mol. The minimum Gasteiger partial charge on any atom is -0.456 e. The number of hydrogen-bond donors (Lipinski definition) is 0. The molecule has 11 rings (SSSR count). The van der Waals surface area contributed by atoms with Gasteiger partial charge in [0, 0.05) is 43.9 Å². The average molecular weight is 717 g/mol. The number of furan rings is 1. The molecule has 5 nitrogen and oxygen atoms in total. The second kappa shape index (κ2) is 13.0. The predicted octanol–water partition coefficient (Wildman–Crippen LogP) is 13.2. The number of rotatable bonds is 6. The molecule has 0 saturated carbocycles. The number of para-hydroxylation sites is 2. The van der Waals surface area contributed by atoms with Crippen LogP contribution in [0.3, 0.4) is 0 Å². The summed E-state index contributed by atoms with van der Waals surface area (Å²) in [5, 5.41) is 4.46. The van der Waals surface area contributed by atoms with E-state index in [-0.39, 0.29) is 0 Å². The quantitative estimate of drug-likeness (QED) is 0.172. The standard InChI is InChI=1S/C51H32N4O/c1-3-15-33(16-4-1)35-29-30-40-39-22-9-11-26-44(39)55(45(40)32-35)37-20-13-19-36(31-37)38-21-7-8-23-41(38)50-52-49(34-17-5-2-6-18-34)53-51(54-50)43-25-14-28-47-48(43)42-24-10-12-27-46(42)56-47/h1-32H. The van der Waals surface area contributed by atoms with Crippen LogP contribution >= 0.6 is 0 Å². The average Bonchev–Trinajstić information content (AvgIpc) is 3.82. The van der Waals surface area contributed by atoms with Crippen LogP contribution in [0.4, 0.5) is 0 Å². The van der Waals surface area contributed by atoms with Gasteiger partial charge in [-0.15, -0.1) is 0 Å². The highest BCUT2D eigenvalue weighted by atomic mass is 16.3. The largest absolute Gasteiger partial charge is 0.456 e. The fourth-order valence-electron chi connectivity index (χ4n) is 8.10. The van der Waals surface area contributed by atoms with Crippen molar-refractivity contribution >= 4 is 43.7 Å². The Hall–Kier alpha value is -7.63. The molecule has 0 aliphatic carbocycles. The van der Waals surface area contributed by atoms with E-state index < -0.39 is 0 Å². The van der Waals surface area contributed by atoms with Gasteiger partial charge in [0.25, 0.3) is 0 Å². The van der Waals surface area contributed by atoms with Crippen LogP contribution in [-0.4, -0.2) is 19.5 Å². The third-order valence-electron chi connectivity index (χ3n) is 10.7. The Balaban J connectivity index is 1.10. The molecule has 0 aliphatic rings. The molecular formula is C51H32N4O. The van der Waals surface area contributed by atoms with Gasteiger partial charge in [0.1, 0.15) is 11.2 Å². The van der Waals surface area contributed by atoms with Gasteiger partial charge in [-0.2, -0.15) is 0 Å². The van der Waals surface area contributed by atoms with Gasteiger partial charge < -0.3 is 8.98 Å². The molecule has 0 saturated heterocycles. The third kappa shape index (κ3) is 5.29. The van der Waals surface area contributed by atoms with Crippen LogP contribution in [0.1, 0.15) is 0 Å². The van der Waals surface area contributed by atoms with Crippen molar-refractivity contribution in [2.75, 3.05) is 0 Å². The van der Waals surface area contributed by atoms with Crippen LogP contribution < -0.4 is 0 Å². The monoisotopic (exact) mass is 716 g/mol. The van der Waals surface area contributed by atoms with Gasteiger partial charge in [-0.25, -0.2) is 15.0 Å². The van der Waals surface area contributed by atoms with E-state index in [2.05, 4.69) is 138 Å². The van der Waals surface area contributed by atoms with Crippen LogP contribution in [0.5, 0.6) is 0 Å². The van der Waals surface area contributed by atoms with Crippen LogP contribution in [-0.2, 0) is 0 Å². The Morgan fingerprint density at radius 1 is 0.339 bits per heavy atom. The van der Waals surface area contributed by atoms with E-state index in [0.717, 1.165) is 66.5 Å². The first-order valence-electron chi connectivity index (χ1n) is 18.8. The number of aromatic nitrogens is 4. The van der Waals surface area contributed by atoms with Crippen molar-refractivity contribution in [3.63, 3.8) is 0 Å². The maximum absolute atomic E-state index is 6.27. The normalized spacial score (nSPS) is 11.6. The van der Waals surface area contributed by atoms with E-state index in [4.69, 9.17) is 19.4 Å². The van der Waals surface area contributed by atoms with Crippen LogP contribution in [0.15, 0.2) is 199 Å². The summed E-state index contributed by atoms with van der Waals surface area (Å²) in [6.07, 6.45) is 0. The summed E-state index contributed by atoms with van der Waals surface area (Å²) >= 11 is 0. The second-order valence-electron chi connectivity index (χ2n) is 14.0. The lowest BCUT2D eigenvalue weighted by atomic mass is 9.98. The van der Waals surface area contributed by atoms with Gasteiger partial charge in [-0.05, 0) is 58.7 Å². The Labute approximate surface area is 322 Å². The summed E-state index contributed by atoms with van der Waals surface area (Å²) in [5.41, 5.74) is 12.2. The van der Waals surface area contributed by atoms with E-state index in [1.165, 1.54) is 21.9 Å². The first-order valence-corrected chi connectivity index (χ1v) is 18.8. The van der Waals surface area contributed by atoms with Crippen molar-refractivity contribution in [2.24, 2.45) is 0 Å². The second-order valence-corrected chi connectivity index (χ2v) is 14.0. The highest BCUT2D eigenvalue weighted by Gasteiger charge is 2.20. The van der Waals surface area contributed by atoms with Gasteiger partial charge in [-0.1, -0.05) is 158 Å². The van der Waals surface area contributed by atoms with E-state index >= 15 is 0 Å².